The van der Waals surface area contributed by atoms with Gasteiger partial charge in [0, 0.05) is 24.1 Å². The number of para-hydroxylation sites is 2. The van der Waals surface area contributed by atoms with Crippen molar-refractivity contribution in [1.82, 2.24) is 0 Å². The van der Waals surface area contributed by atoms with E-state index in [0.29, 0.717) is 12.8 Å². The molecule has 2 aromatic carbocycles. The molecule has 2 aromatic rings. The highest BCUT2D eigenvalue weighted by Crippen LogP contribution is 2.44. The van der Waals surface area contributed by atoms with Crippen LogP contribution < -0.4 is 10.2 Å². The van der Waals surface area contributed by atoms with Crippen LogP contribution in [0.15, 0.2) is 65.9 Å². The van der Waals surface area contributed by atoms with Crippen molar-refractivity contribution >= 4 is 23.1 Å². The second-order valence-corrected chi connectivity index (χ2v) is 7.14. The molecule has 1 aliphatic heterocycles. The molecule has 0 saturated carbocycles. The fourth-order valence-corrected chi connectivity index (χ4v) is 4.09. The Hall–Kier alpha value is -2.88. The van der Waals surface area contributed by atoms with Crippen LogP contribution in [-0.4, -0.2) is 11.7 Å². The zero-order valence-corrected chi connectivity index (χ0v) is 15.6. The molecular formula is C23H24N2O2. The van der Waals surface area contributed by atoms with Gasteiger partial charge in [-0.3, -0.25) is 14.5 Å². The number of carbonyl (C=O) groups excluding carboxylic acids is 2. The number of hydrogen-bond donors (Lipinski definition) is 1. The van der Waals surface area contributed by atoms with Crippen LogP contribution in [0.2, 0.25) is 0 Å². The summed E-state index contributed by atoms with van der Waals surface area (Å²) in [4.78, 5) is 28.1. The van der Waals surface area contributed by atoms with Crippen LogP contribution in [0.25, 0.3) is 0 Å². The number of allylic oxidation sites excluding steroid dienone is 1. The van der Waals surface area contributed by atoms with Crippen molar-refractivity contribution in [3.8, 4) is 0 Å². The SMILES string of the molecule is CCCC(=O)N1c2ccccc2NC2=C(C(=O)CCC2)[C@@H]1c1ccccc1. The van der Waals surface area contributed by atoms with Gasteiger partial charge in [0.2, 0.25) is 5.91 Å². The highest BCUT2D eigenvalue weighted by Gasteiger charge is 2.38. The summed E-state index contributed by atoms with van der Waals surface area (Å²) in [6.07, 6.45) is 3.43. The number of carbonyl (C=O) groups is 2. The third-order valence-corrected chi connectivity index (χ3v) is 5.28. The highest BCUT2D eigenvalue weighted by atomic mass is 16.2. The lowest BCUT2D eigenvalue weighted by atomic mass is 9.85. The molecule has 27 heavy (non-hydrogen) atoms. The molecule has 1 heterocycles. The first-order chi connectivity index (χ1) is 13.2. The third kappa shape index (κ3) is 3.16. The monoisotopic (exact) mass is 360 g/mol. The normalized spacial score (nSPS) is 19.1. The molecule has 2 aliphatic rings. The molecule has 0 saturated heterocycles. The van der Waals surface area contributed by atoms with Crippen LogP contribution in [0.4, 0.5) is 11.4 Å². The lowest BCUT2D eigenvalue weighted by Gasteiger charge is -2.34. The van der Waals surface area contributed by atoms with E-state index < -0.39 is 0 Å². The lowest BCUT2D eigenvalue weighted by Crippen LogP contribution is -2.37. The van der Waals surface area contributed by atoms with E-state index in [1.54, 1.807) is 0 Å². The summed E-state index contributed by atoms with van der Waals surface area (Å²) < 4.78 is 0. The molecule has 0 radical (unpaired) electrons. The van der Waals surface area contributed by atoms with Crippen LogP contribution in [0.3, 0.4) is 0 Å². The van der Waals surface area contributed by atoms with Crippen LogP contribution in [0, 0.1) is 0 Å². The second-order valence-electron chi connectivity index (χ2n) is 7.14. The number of Topliss-reactive ketones (excluding diaryl/α,β-unsaturated/α-hetero) is 1. The van der Waals surface area contributed by atoms with Gasteiger partial charge in [-0.25, -0.2) is 0 Å². The molecule has 0 spiro atoms. The van der Waals surface area contributed by atoms with Gasteiger partial charge < -0.3 is 5.32 Å². The average Bonchev–Trinajstić information content (AvgIpc) is 2.84. The molecule has 4 rings (SSSR count). The molecule has 4 heteroatoms. The highest BCUT2D eigenvalue weighted by molar-refractivity contribution is 6.06. The standard InChI is InChI=1S/C23H24N2O2/c1-2-9-21(27)25-19-14-7-6-12-17(19)24-18-13-8-15-20(26)22(18)23(25)16-10-4-3-5-11-16/h3-7,10-12,14,23-24H,2,8-9,13,15H2,1H3/t23-/m0/s1. The molecule has 0 unspecified atom stereocenters. The van der Waals surface area contributed by atoms with E-state index in [1.165, 1.54) is 0 Å². The van der Waals surface area contributed by atoms with E-state index in [1.807, 2.05) is 66.4 Å². The van der Waals surface area contributed by atoms with Gasteiger partial charge in [-0.15, -0.1) is 0 Å². The van der Waals surface area contributed by atoms with Crippen LogP contribution in [0.5, 0.6) is 0 Å². The van der Waals surface area contributed by atoms with Gasteiger partial charge >= 0.3 is 0 Å². The Morgan fingerprint density at radius 3 is 2.59 bits per heavy atom. The predicted molar refractivity (Wildman–Crippen MR) is 108 cm³/mol. The van der Waals surface area contributed by atoms with Crippen molar-refractivity contribution in [2.24, 2.45) is 0 Å². The largest absolute Gasteiger partial charge is 0.357 e. The van der Waals surface area contributed by atoms with Gasteiger partial charge in [-0.1, -0.05) is 49.4 Å². The number of hydrogen-bond acceptors (Lipinski definition) is 3. The van der Waals surface area contributed by atoms with Gasteiger partial charge in [-0.05, 0) is 37.0 Å². The first-order valence-corrected chi connectivity index (χ1v) is 9.70. The Morgan fingerprint density at radius 2 is 1.81 bits per heavy atom. The third-order valence-electron chi connectivity index (χ3n) is 5.28. The van der Waals surface area contributed by atoms with Crippen molar-refractivity contribution in [2.45, 2.75) is 45.1 Å². The van der Waals surface area contributed by atoms with E-state index in [4.69, 9.17) is 0 Å². The van der Waals surface area contributed by atoms with Crippen LogP contribution in [-0.2, 0) is 9.59 Å². The van der Waals surface area contributed by atoms with E-state index in [2.05, 4.69) is 5.32 Å². The molecule has 1 amide bonds. The Morgan fingerprint density at radius 1 is 1.07 bits per heavy atom. The summed E-state index contributed by atoms with van der Waals surface area (Å²) in [6, 6.07) is 17.4. The van der Waals surface area contributed by atoms with E-state index >= 15 is 0 Å². The van der Waals surface area contributed by atoms with E-state index in [-0.39, 0.29) is 17.7 Å². The van der Waals surface area contributed by atoms with Gasteiger partial charge in [0.1, 0.15) is 0 Å². The number of ketones is 1. The Bertz CT molecular complexity index is 902. The minimum atomic E-state index is -0.385. The van der Waals surface area contributed by atoms with Crippen molar-refractivity contribution in [3.63, 3.8) is 0 Å². The maximum absolute atomic E-state index is 13.2. The van der Waals surface area contributed by atoms with E-state index in [0.717, 1.165) is 47.5 Å². The first kappa shape index (κ1) is 17.5. The van der Waals surface area contributed by atoms with Gasteiger partial charge in [0.15, 0.2) is 5.78 Å². The van der Waals surface area contributed by atoms with Gasteiger partial charge in [0.05, 0.1) is 17.4 Å². The van der Waals surface area contributed by atoms with Crippen LogP contribution >= 0.6 is 0 Å². The number of amides is 1. The topological polar surface area (TPSA) is 49.4 Å². The molecule has 138 valence electrons. The summed E-state index contributed by atoms with van der Waals surface area (Å²) in [7, 11) is 0. The van der Waals surface area contributed by atoms with Gasteiger partial charge in [-0.2, -0.15) is 0 Å². The van der Waals surface area contributed by atoms with Crippen molar-refractivity contribution in [2.75, 3.05) is 10.2 Å². The van der Waals surface area contributed by atoms with Crippen LogP contribution in [0.1, 0.15) is 50.6 Å². The van der Waals surface area contributed by atoms with Crippen molar-refractivity contribution < 1.29 is 9.59 Å². The average molecular weight is 360 g/mol. The first-order valence-electron chi connectivity index (χ1n) is 9.70. The maximum atomic E-state index is 13.2. The summed E-state index contributed by atoms with van der Waals surface area (Å²) in [5.41, 5.74) is 4.41. The van der Waals surface area contributed by atoms with Crippen molar-refractivity contribution in [1.29, 1.82) is 0 Å². The number of anilines is 2. The Balaban J connectivity index is 1.98. The summed E-state index contributed by atoms with van der Waals surface area (Å²) in [6.45, 7) is 2.01. The molecule has 0 fully saturated rings. The van der Waals surface area contributed by atoms with Gasteiger partial charge in [0.25, 0.3) is 0 Å². The predicted octanol–water partition coefficient (Wildman–Crippen LogP) is 4.99. The minimum Gasteiger partial charge on any atom is -0.357 e. The molecule has 4 nitrogen and oxygen atoms in total. The number of fused-ring (bicyclic) bond motifs is 1. The summed E-state index contributed by atoms with van der Waals surface area (Å²) in [5.74, 6) is 0.187. The quantitative estimate of drug-likeness (QED) is 0.838. The molecule has 0 aromatic heterocycles. The number of nitrogens with one attached hydrogen (secondary N) is 1. The maximum Gasteiger partial charge on any atom is 0.227 e. The fourth-order valence-electron chi connectivity index (χ4n) is 4.09. The second kappa shape index (κ2) is 7.39. The summed E-state index contributed by atoms with van der Waals surface area (Å²) >= 11 is 0. The number of rotatable bonds is 3. The smallest absolute Gasteiger partial charge is 0.227 e. The zero-order valence-electron chi connectivity index (χ0n) is 15.6. The van der Waals surface area contributed by atoms with Crippen molar-refractivity contribution in [3.05, 3.63) is 71.4 Å². The molecular weight excluding hydrogens is 336 g/mol. The molecule has 1 aliphatic carbocycles. The Labute approximate surface area is 159 Å². The molecule has 1 N–H and O–H groups in total. The molecule has 0 bridgehead atoms. The van der Waals surface area contributed by atoms with E-state index in [9.17, 15) is 9.59 Å². The zero-order chi connectivity index (χ0) is 18.8. The lowest BCUT2D eigenvalue weighted by molar-refractivity contribution is -0.119. The molecule has 1 atom stereocenters. The fraction of sp³-hybridized carbons (Fsp3) is 0.304. The minimum absolute atomic E-state index is 0.0488. The summed E-state index contributed by atoms with van der Waals surface area (Å²) in [5, 5.41) is 3.48. The number of benzene rings is 2. The Kier molecular flexibility index (Phi) is 4.80. The number of nitrogens with zero attached hydrogens (tertiary/aromatic N) is 1.